The topological polar surface area (TPSA) is 38.0 Å². The van der Waals surface area contributed by atoms with Crippen molar-refractivity contribution in [3.63, 3.8) is 0 Å². The van der Waals surface area contributed by atoms with Gasteiger partial charge in [-0.25, -0.2) is 0 Å². The fourth-order valence-corrected chi connectivity index (χ4v) is 0.534. The highest BCUT2D eigenvalue weighted by atomic mass is 32.1. The first kappa shape index (κ1) is 11.3. The third-order valence-corrected chi connectivity index (χ3v) is 1.72. The molecule has 0 aliphatic heterocycles. The lowest BCUT2D eigenvalue weighted by Crippen LogP contribution is -2.18. The predicted molar refractivity (Wildman–Crippen MR) is 60.8 cm³/mol. The van der Waals surface area contributed by atoms with Gasteiger partial charge in [-0.15, -0.1) is 0 Å². The molecule has 0 radical (unpaired) electrons. The number of hydrogen-bond acceptors (Lipinski definition) is 1. The second kappa shape index (κ2) is 7.01. The Hall–Kier alpha value is -0.660. The smallest absolute Gasteiger partial charge is 0.166 e. The van der Waals surface area contributed by atoms with Crippen molar-refractivity contribution in [2.45, 2.75) is 6.92 Å². The van der Waals surface area contributed by atoms with Crippen molar-refractivity contribution >= 4 is 26.7 Å². The van der Waals surface area contributed by atoms with Gasteiger partial charge in [-0.1, -0.05) is 35.9 Å². The minimum Gasteiger partial charge on any atom is -0.376 e. The van der Waals surface area contributed by atoms with E-state index in [9.17, 15) is 0 Å². The van der Waals surface area contributed by atoms with Gasteiger partial charge in [0, 0.05) is 0 Å². The molecule has 0 fully saturated rings. The van der Waals surface area contributed by atoms with E-state index in [0.717, 1.165) is 0 Å². The molecule has 1 aromatic carbocycles. The Morgan fingerprint density at radius 3 is 2.00 bits per heavy atom. The second-order valence-electron chi connectivity index (χ2n) is 2.16. The third-order valence-electron chi connectivity index (χ3n) is 1.08. The van der Waals surface area contributed by atoms with E-state index >= 15 is 0 Å². The summed E-state index contributed by atoms with van der Waals surface area (Å²) in [5.41, 5.74) is 6.21. The molecule has 1 aromatic rings. The van der Waals surface area contributed by atoms with Crippen molar-refractivity contribution in [3.8, 4) is 0 Å². The van der Waals surface area contributed by atoms with Crippen molar-refractivity contribution in [1.82, 2.24) is 5.09 Å². The standard InChI is InChI=1S/C7H8.CH5N2PS/c1-7-5-3-2-4-6-7;2-1(5)3-4/h2-6H,1H3;4H2,(H3,2,3,5). The summed E-state index contributed by atoms with van der Waals surface area (Å²) in [6.07, 6.45) is 0. The van der Waals surface area contributed by atoms with Crippen LogP contribution in [0.25, 0.3) is 0 Å². The molecule has 0 saturated heterocycles. The van der Waals surface area contributed by atoms with Crippen molar-refractivity contribution in [2.24, 2.45) is 5.73 Å². The summed E-state index contributed by atoms with van der Waals surface area (Å²) in [4.78, 5) is 0. The summed E-state index contributed by atoms with van der Waals surface area (Å²) >= 11 is 4.34. The normalized spacial score (nSPS) is 7.83. The molecule has 0 amide bonds. The van der Waals surface area contributed by atoms with Crippen LogP contribution in [0.2, 0.25) is 0 Å². The first-order valence-corrected chi connectivity index (χ1v) is 4.43. The Morgan fingerprint density at radius 2 is 1.83 bits per heavy atom. The van der Waals surface area contributed by atoms with Crippen LogP contribution in [0.4, 0.5) is 0 Å². The Balaban J connectivity index is 0.000000217. The van der Waals surface area contributed by atoms with Crippen LogP contribution in [-0.4, -0.2) is 5.11 Å². The first-order valence-electron chi connectivity index (χ1n) is 3.44. The van der Waals surface area contributed by atoms with Gasteiger partial charge in [-0.3, -0.25) is 0 Å². The van der Waals surface area contributed by atoms with Crippen molar-refractivity contribution in [1.29, 1.82) is 0 Å². The number of nitrogens with one attached hydrogen (secondary N) is 1. The maximum Gasteiger partial charge on any atom is 0.166 e. The van der Waals surface area contributed by atoms with Gasteiger partial charge in [0.1, 0.15) is 0 Å². The fourth-order valence-electron chi connectivity index (χ4n) is 0.534. The van der Waals surface area contributed by atoms with Gasteiger partial charge in [0.2, 0.25) is 0 Å². The SMILES string of the molecule is Cc1ccccc1.NC(=S)NP. The van der Waals surface area contributed by atoms with Crippen LogP contribution in [0.1, 0.15) is 5.56 Å². The largest absolute Gasteiger partial charge is 0.376 e. The molecule has 1 atom stereocenters. The summed E-state index contributed by atoms with van der Waals surface area (Å²) in [6.45, 7) is 2.08. The molecular weight excluding hydrogens is 187 g/mol. The molecule has 0 aromatic heterocycles. The third kappa shape index (κ3) is 7.45. The van der Waals surface area contributed by atoms with Crippen LogP contribution in [0.3, 0.4) is 0 Å². The molecule has 0 aliphatic rings. The van der Waals surface area contributed by atoms with E-state index in [-0.39, 0.29) is 0 Å². The lowest BCUT2D eigenvalue weighted by molar-refractivity contribution is 1.48. The molecular formula is C8H13N2PS. The monoisotopic (exact) mass is 200 g/mol. The summed E-state index contributed by atoms with van der Waals surface area (Å²) in [6, 6.07) is 10.3. The number of rotatable bonds is 0. The van der Waals surface area contributed by atoms with E-state index in [2.05, 4.69) is 45.8 Å². The summed E-state index contributed by atoms with van der Waals surface area (Å²) < 4.78 is 0. The van der Waals surface area contributed by atoms with Gasteiger partial charge in [0.25, 0.3) is 0 Å². The Labute approximate surface area is 80.8 Å². The van der Waals surface area contributed by atoms with Gasteiger partial charge < -0.3 is 10.8 Å². The van der Waals surface area contributed by atoms with Gasteiger partial charge in [-0.05, 0) is 28.5 Å². The van der Waals surface area contributed by atoms with Gasteiger partial charge in [-0.2, -0.15) is 0 Å². The average Bonchev–Trinajstić information content (AvgIpc) is 2.07. The zero-order valence-electron chi connectivity index (χ0n) is 6.95. The molecule has 1 rings (SSSR count). The Bertz CT molecular complexity index is 226. The Kier molecular flexibility index (Phi) is 6.63. The highest BCUT2D eigenvalue weighted by molar-refractivity contribution is 7.80. The predicted octanol–water partition coefficient (Wildman–Crippen LogP) is 1.60. The van der Waals surface area contributed by atoms with E-state index in [0.29, 0.717) is 5.11 Å². The van der Waals surface area contributed by atoms with Crippen molar-refractivity contribution in [3.05, 3.63) is 35.9 Å². The van der Waals surface area contributed by atoms with E-state index in [1.807, 2.05) is 18.2 Å². The van der Waals surface area contributed by atoms with Crippen LogP contribution >= 0.6 is 21.6 Å². The molecule has 0 bridgehead atoms. The molecule has 2 nitrogen and oxygen atoms in total. The minimum absolute atomic E-state index is 0.301. The minimum atomic E-state index is 0.301. The van der Waals surface area contributed by atoms with Crippen LogP contribution in [-0.2, 0) is 0 Å². The van der Waals surface area contributed by atoms with Crippen LogP contribution in [0.15, 0.2) is 30.3 Å². The van der Waals surface area contributed by atoms with Crippen LogP contribution in [0.5, 0.6) is 0 Å². The highest BCUT2D eigenvalue weighted by Crippen LogP contribution is 1.92. The van der Waals surface area contributed by atoms with Crippen LogP contribution in [0, 0.1) is 6.92 Å². The molecule has 0 spiro atoms. The molecule has 12 heavy (non-hydrogen) atoms. The summed E-state index contributed by atoms with van der Waals surface area (Å²) in [5, 5.41) is 2.75. The number of benzene rings is 1. The van der Waals surface area contributed by atoms with Gasteiger partial charge in [0.05, 0.1) is 0 Å². The average molecular weight is 200 g/mol. The maximum absolute atomic E-state index is 4.89. The lowest BCUT2D eigenvalue weighted by Gasteiger charge is -1.85. The van der Waals surface area contributed by atoms with Crippen molar-refractivity contribution in [2.75, 3.05) is 0 Å². The molecule has 3 N–H and O–H groups in total. The molecule has 66 valence electrons. The zero-order valence-corrected chi connectivity index (χ0v) is 8.92. The van der Waals surface area contributed by atoms with E-state index in [1.165, 1.54) is 5.56 Å². The maximum atomic E-state index is 4.89. The molecule has 4 heteroatoms. The summed E-state index contributed by atoms with van der Waals surface area (Å²) in [5.74, 6) is 0. The zero-order chi connectivity index (χ0) is 9.40. The number of aryl methyl sites for hydroxylation is 1. The fraction of sp³-hybridized carbons (Fsp3) is 0.125. The second-order valence-corrected chi connectivity index (χ2v) is 2.89. The molecule has 0 saturated carbocycles. The van der Waals surface area contributed by atoms with Crippen LogP contribution < -0.4 is 10.8 Å². The molecule has 0 heterocycles. The van der Waals surface area contributed by atoms with Crippen molar-refractivity contribution < 1.29 is 0 Å². The van der Waals surface area contributed by atoms with Gasteiger partial charge >= 0.3 is 0 Å². The summed E-state index contributed by atoms with van der Waals surface area (Å²) in [7, 11) is 2.18. The molecule has 1 unspecified atom stereocenters. The van der Waals surface area contributed by atoms with Gasteiger partial charge in [0.15, 0.2) is 5.11 Å². The number of nitrogens with two attached hydrogens (primary N) is 1. The van der Waals surface area contributed by atoms with E-state index in [1.54, 1.807) is 0 Å². The number of hydrogen-bond donors (Lipinski definition) is 2. The quantitative estimate of drug-likeness (QED) is 0.493. The lowest BCUT2D eigenvalue weighted by atomic mass is 10.2. The first-order chi connectivity index (χ1) is 5.66. The Morgan fingerprint density at radius 1 is 1.42 bits per heavy atom. The van der Waals surface area contributed by atoms with E-state index in [4.69, 9.17) is 5.73 Å². The molecule has 0 aliphatic carbocycles. The van der Waals surface area contributed by atoms with E-state index < -0.39 is 0 Å². The highest BCUT2D eigenvalue weighted by Gasteiger charge is 1.72. The number of thiocarbonyl (C=S) groups is 1.